The van der Waals surface area contributed by atoms with E-state index in [2.05, 4.69) is 22.4 Å². The number of aromatic amines is 1. The number of amides is 1. The van der Waals surface area contributed by atoms with Crippen LogP contribution < -0.4 is 5.32 Å². The van der Waals surface area contributed by atoms with E-state index in [1.54, 1.807) is 19.1 Å². The Kier molecular flexibility index (Phi) is 5.87. The van der Waals surface area contributed by atoms with Gasteiger partial charge in [0.15, 0.2) is 0 Å². The van der Waals surface area contributed by atoms with Gasteiger partial charge in [0.05, 0.1) is 12.2 Å². The number of carbonyl (C=O) groups is 1. The van der Waals surface area contributed by atoms with Crippen LogP contribution in [0.25, 0.3) is 0 Å². The summed E-state index contributed by atoms with van der Waals surface area (Å²) in [5, 5.41) is 9.97. The summed E-state index contributed by atoms with van der Waals surface area (Å²) in [5.41, 5.74) is 2.97. The van der Waals surface area contributed by atoms with Gasteiger partial charge in [-0.1, -0.05) is 19.4 Å². The molecule has 0 spiro atoms. The monoisotopic (exact) mass is 318 g/mol. The molecule has 2 rings (SSSR count). The lowest BCUT2D eigenvalue weighted by Gasteiger charge is -2.16. The van der Waals surface area contributed by atoms with Crippen LogP contribution in [0.3, 0.4) is 0 Å². The van der Waals surface area contributed by atoms with Crippen LogP contribution in [0.2, 0.25) is 0 Å². The molecule has 0 aliphatic rings. The van der Waals surface area contributed by atoms with Crippen molar-refractivity contribution in [2.75, 3.05) is 18.9 Å². The number of H-pyrrole nitrogens is 1. The first kappa shape index (κ1) is 17.1. The lowest BCUT2D eigenvalue weighted by atomic mass is 10.2. The SMILES string of the molecule is CCCc1cc(CN(C)CC(=O)Nc2cccc(F)c2C)[nH]n1. The number of hydrogen-bond acceptors (Lipinski definition) is 3. The molecule has 23 heavy (non-hydrogen) atoms. The molecule has 1 heterocycles. The van der Waals surface area contributed by atoms with Crippen molar-refractivity contribution in [3.63, 3.8) is 0 Å². The third-order valence-electron chi connectivity index (χ3n) is 3.59. The number of nitrogens with one attached hydrogen (secondary N) is 2. The molecule has 1 aromatic heterocycles. The van der Waals surface area contributed by atoms with E-state index in [1.165, 1.54) is 6.07 Å². The van der Waals surface area contributed by atoms with Gasteiger partial charge >= 0.3 is 0 Å². The van der Waals surface area contributed by atoms with Crippen molar-refractivity contribution in [1.29, 1.82) is 0 Å². The molecular weight excluding hydrogens is 295 g/mol. The molecule has 124 valence electrons. The molecule has 0 atom stereocenters. The highest BCUT2D eigenvalue weighted by Gasteiger charge is 2.11. The number of anilines is 1. The number of carbonyl (C=O) groups excluding carboxylic acids is 1. The molecule has 0 saturated carbocycles. The van der Waals surface area contributed by atoms with Crippen molar-refractivity contribution in [3.8, 4) is 0 Å². The molecule has 0 saturated heterocycles. The quantitative estimate of drug-likeness (QED) is 0.825. The second-order valence-corrected chi connectivity index (χ2v) is 5.77. The topological polar surface area (TPSA) is 61.0 Å². The molecule has 5 nitrogen and oxygen atoms in total. The summed E-state index contributed by atoms with van der Waals surface area (Å²) in [5.74, 6) is -0.494. The smallest absolute Gasteiger partial charge is 0.238 e. The van der Waals surface area contributed by atoms with Crippen LogP contribution in [0, 0.1) is 12.7 Å². The minimum atomic E-state index is -0.322. The molecule has 0 radical (unpaired) electrons. The first-order valence-corrected chi connectivity index (χ1v) is 7.76. The van der Waals surface area contributed by atoms with E-state index >= 15 is 0 Å². The maximum Gasteiger partial charge on any atom is 0.238 e. The normalized spacial score (nSPS) is 11.0. The first-order chi connectivity index (χ1) is 11.0. The molecular formula is C17H23FN4O. The zero-order valence-electron chi connectivity index (χ0n) is 13.8. The second-order valence-electron chi connectivity index (χ2n) is 5.77. The highest BCUT2D eigenvalue weighted by atomic mass is 19.1. The molecule has 1 aromatic carbocycles. The van der Waals surface area contributed by atoms with Gasteiger partial charge in [0.1, 0.15) is 5.82 Å². The zero-order valence-corrected chi connectivity index (χ0v) is 13.8. The highest BCUT2D eigenvalue weighted by molar-refractivity contribution is 5.92. The number of nitrogens with zero attached hydrogens (tertiary/aromatic N) is 2. The maximum absolute atomic E-state index is 13.5. The van der Waals surface area contributed by atoms with E-state index in [-0.39, 0.29) is 18.3 Å². The van der Waals surface area contributed by atoms with Gasteiger partial charge in [-0.2, -0.15) is 5.10 Å². The maximum atomic E-state index is 13.5. The summed E-state index contributed by atoms with van der Waals surface area (Å²) in [6.07, 6.45) is 2.00. The molecule has 0 unspecified atom stereocenters. The van der Waals surface area contributed by atoms with Crippen molar-refractivity contribution < 1.29 is 9.18 Å². The van der Waals surface area contributed by atoms with Gasteiger partial charge in [0, 0.05) is 23.5 Å². The third kappa shape index (κ3) is 4.89. The van der Waals surface area contributed by atoms with Gasteiger partial charge in [0.25, 0.3) is 0 Å². The van der Waals surface area contributed by atoms with E-state index in [0.29, 0.717) is 17.8 Å². The molecule has 6 heteroatoms. The van der Waals surface area contributed by atoms with Gasteiger partial charge in [-0.05, 0) is 38.6 Å². The Bertz CT molecular complexity index is 668. The van der Waals surface area contributed by atoms with Crippen LogP contribution in [-0.4, -0.2) is 34.6 Å². The molecule has 1 amide bonds. The average Bonchev–Trinajstić information content (AvgIpc) is 2.91. The third-order valence-corrected chi connectivity index (χ3v) is 3.59. The van der Waals surface area contributed by atoms with Crippen molar-refractivity contribution in [1.82, 2.24) is 15.1 Å². The molecule has 0 bridgehead atoms. The molecule has 2 N–H and O–H groups in total. The summed E-state index contributed by atoms with van der Waals surface area (Å²) >= 11 is 0. The van der Waals surface area contributed by atoms with Crippen LogP contribution in [0.5, 0.6) is 0 Å². The van der Waals surface area contributed by atoms with Crippen LogP contribution in [0.15, 0.2) is 24.3 Å². The number of halogens is 1. The van der Waals surface area contributed by atoms with Gasteiger partial charge in [-0.3, -0.25) is 14.8 Å². The predicted octanol–water partition coefficient (Wildman–Crippen LogP) is 2.88. The summed E-state index contributed by atoms with van der Waals surface area (Å²) in [6.45, 7) is 4.58. The molecule has 0 aliphatic heterocycles. The summed E-state index contributed by atoms with van der Waals surface area (Å²) in [4.78, 5) is 14.0. The fourth-order valence-electron chi connectivity index (χ4n) is 2.40. The van der Waals surface area contributed by atoms with Crippen LogP contribution in [0.1, 0.15) is 30.3 Å². The van der Waals surface area contributed by atoms with Crippen molar-refractivity contribution in [2.24, 2.45) is 0 Å². The van der Waals surface area contributed by atoms with E-state index in [1.807, 2.05) is 18.0 Å². The van der Waals surface area contributed by atoms with Crippen LogP contribution >= 0.6 is 0 Å². The number of aryl methyl sites for hydroxylation is 1. The van der Waals surface area contributed by atoms with E-state index in [4.69, 9.17) is 0 Å². The van der Waals surface area contributed by atoms with Gasteiger partial charge in [-0.15, -0.1) is 0 Å². The minimum Gasteiger partial charge on any atom is -0.325 e. The lowest BCUT2D eigenvalue weighted by molar-refractivity contribution is -0.117. The Balaban J connectivity index is 1.87. The Morgan fingerprint density at radius 2 is 2.22 bits per heavy atom. The summed E-state index contributed by atoms with van der Waals surface area (Å²) < 4.78 is 13.5. The first-order valence-electron chi connectivity index (χ1n) is 7.76. The Hall–Kier alpha value is -2.21. The average molecular weight is 318 g/mol. The Morgan fingerprint density at radius 1 is 1.43 bits per heavy atom. The van der Waals surface area contributed by atoms with E-state index in [9.17, 15) is 9.18 Å². The van der Waals surface area contributed by atoms with Gasteiger partial charge in [0.2, 0.25) is 5.91 Å². The number of likely N-dealkylation sites (N-methyl/N-ethyl adjacent to an activating group) is 1. The Morgan fingerprint density at radius 3 is 2.96 bits per heavy atom. The van der Waals surface area contributed by atoms with Gasteiger partial charge < -0.3 is 5.32 Å². The van der Waals surface area contributed by atoms with Gasteiger partial charge in [-0.25, -0.2) is 4.39 Å². The van der Waals surface area contributed by atoms with Crippen molar-refractivity contribution in [3.05, 3.63) is 47.0 Å². The van der Waals surface area contributed by atoms with Crippen LogP contribution in [-0.2, 0) is 17.8 Å². The summed E-state index contributed by atoms with van der Waals surface area (Å²) in [6, 6.07) is 6.68. The molecule has 2 aromatic rings. The predicted molar refractivity (Wildman–Crippen MR) is 88.7 cm³/mol. The highest BCUT2D eigenvalue weighted by Crippen LogP contribution is 2.17. The van der Waals surface area contributed by atoms with E-state index < -0.39 is 0 Å². The fraction of sp³-hybridized carbons (Fsp3) is 0.412. The van der Waals surface area contributed by atoms with E-state index in [0.717, 1.165) is 24.2 Å². The largest absolute Gasteiger partial charge is 0.325 e. The van der Waals surface area contributed by atoms with Crippen molar-refractivity contribution in [2.45, 2.75) is 33.2 Å². The second kappa shape index (κ2) is 7.87. The zero-order chi connectivity index (χ0) is 16.8. The standard InChI is InChI=1S/C17H23FN4O/c1-4-6-13-9-14(21-20-13)10-22(3)11-17(23)19-16-8-5-7-15(18)12(16)2/h5,7-9H,4,6,10-11H2,1-3H3,(H,19,23)(H,20,21). The van der Waals surface area contributed by atoms with Crippen LogP contribution in [0.4, 0.5) is 10.1 Å². The Labute approximate surface area is 135 Å². The molecule has 0 fully saturated rings. The number of hydrogen-bond donors (Lipinski definition) is 2. The number of benzene rings is 1. The number of aromatic nitrogens is 2. The summed E-state index contributed by atoms with van der Waals surface area (Å²) in [7, 11) is 1.86. The van der Waals surface area contributed by atoms with Crippen molar-refractivity contribution >= 4 is 11.6 Å². The fourth-order valence-corrected chi connectivity index (χ4v) is 2.40. The molecule has 0 aliphatic carbocycles. The minimum absolute atomic E-state index is 0.172. The number of rotatable bonds is 7. The lowest BCUT2D eigenvalue weighted by Crippen LogP contribution is -2.30.